The Labute approximate surface area is 114 Å². The third-order valence-electron chi connectivity index (χ3n) is 2.68. The summed E-state index contributed by atoms with van der Waals surface area (Å²) >= 11 is 5.89. The molecule has 0 bridgehead atoms. The molecule has 0 saturated heterocycles. The maximum absolute atomic E-state index is 12.2. The Bertz CT molecular complexity index is 678. The van der Waals surface area contributed by atoms with Crippen molar-refractivity contribution in [3.05, 3.63) is 55.6 Å². The molecule has 2 aromatic rings. The van der Waals surface area contributed by atoms with Gasteiger partial charge in [0.15, 0.2) is 0 Å². The van der Waals surface area contributed by atoms with Gasteiger partial charge in [0.05, 0.1) is 17.8 Å². The maximum Gasteiger partial charge on any atom is 0.329 e. The first-order chi connectivity index (χ1) is 9.13. The molecule has 0 radical (unpaired) electrons. The second kappa shape index (κ2) is 5.79. The zero-order valence-corrected chi connectivity index (χ0v) is 11.1. The Morgan fingerprint density at radius 1 is 1.42 bits per heavy atom. The number of hydrogen-bond acceptors (Lipinski definition) is 4. The Morgan fingerprint density at radius 3 is 2.84 bits per heavy atom. The Hall–Kier alpha value is -1.95. The van der Waals surface area contributed by atoms with Crippen molar-refractivity contribution in [2.24, 2.45) is 0 Å². The van der Waals surface area contributed by atoms with E-state index in [1.165, 1.54) is 6.20 Å². The van der Waals surface area contributed by atoms with Crippen molar-refractivity contribution in [3.63, 3.8) is 0 Å². The predicted molar refractivity (Wildman–Crippen MR) is 71.5 cm³/mol. The van der Waals surface area contributed by atoms with E-state index in [1.807, 2.05) is 6.92 Å². The highest BCUT2D eigenvalue weighted by Gasteiger charge is 2.12. The molecule has 1 N–H and O–H groups in total. The lowest BCUT2D eigenvalue weighted by atomic mass is 10.2. The van der Waals surface area contributed by atoms with Gasteiger partial charge in [-0.05, 0) is 18.6 Å². The normalized spacial score (nSPS) is 10.6. The zero-order chi connectivity index (χ0) is 13.8. The van der Waals surface area contributed by atoms with Crippen molar-refractivity contribution in [1.82, 2.24) is 19.7 Å². The lowest BCUT2D eigenvalue weighted by Crippen LogP contribution is -2.38. The number of nitrogens with zero attached hydrogens (tertiary/aromatic N) is 3. The number of hydrogen-bond donors (Lipinski definition) is 1. The first kappa shape index (κ1) is 13.5. The minimum atomic E-state index is -0.541. The molecule has 2 heterocycles. The zero-order valence-electron chi connectivity index (χ0n) is 10.4. The van der Waals surface area contributed by atoms with Gasteiger partial charge >= 0.3 is 5.69 Å². The molecule has 19 heavy (non-hydrogen) atoms. The molecule has 0 aliphatic carbocycles. The highest BCUT2D eigenvalue weighted by atomic mass is 35.5. The van der Waals surface area contributed by atoms with Gasteiger partial charge in [-0.25, -0.2) is 4.79 Å². The number of aromatic amines is 1. The number of H-pyrrole nitrogens is 1. The summed E-state index contributed by atoms with van der Waals surface area (Å²) in [6.07, 6.45) is 2.82. The third kappa shape index (κ3) is 2.90. The number of nitrogens with one attached hydrogen (secondary N) is 1. The van der Waals surface area contributed by atoms with Crippen molar-refractivity contribution in [2.75, 3.05) is 0 Å². The van der Waals surface area contributed by atoms with Crippen LogP contribution in [-0.4, -0.2) is 19.7 Å². The van der Waals surface area contributed by atoms with E-state index in [0.717, 1.165) is 11.0 Å². The molecule has 0 aliphatic rings. The predicted octanol–water partition coefficient (Wildman–Crippen LogP) is 0.981. The molecule has 7 heteroatoms. The van der Waals surface area contributed by atoms with Gasteiger partial charge in [-0.1, -0.05) is 24.9 Å². The van der Waals surface area contributed by atoms with Crippen LogP contribution in [0.25, 0.3) is 0 Å². The molecular formula is C12H13ClN4O2. The van der Waals surface area contributed by atoms with Gasteiger partial charge < -0.3 is 0 Å². The standard InChI is InChI=1S/C12H13ClN4O2/c1-2-4-9-10(13)15-12(19)17(11(9)18)7-8-5-3-6-14-16-8/h3,5-6H,2,4,7H2,1H3,(H,15,19). The Kier molecular flexibility index (Phi) is 4.11. The van der Waals surface area contributed by atoms with Crippen LogP contribution in [0.15, 0.2) is 27.9 Å². The van der Waals surface area contributed by atoms with Crippen molar-refractivity contribution >= 4 is 11.6 Å². The molecule has 0 saturated carbocycles. The summed E-state index contributed by atoms with van der Waals surface area (Å²) in [5, 5.41) is 7.69. The summed E-state index contributed by atoms with van der Waals surface area (Å²) in [6, 6.07) is 3.40. The molecule has 0 aliphatic heterocycles. The third-order valence-corrected chi connectivity index (χ3v) is 3.00. The second-order valence-corrected chi connectivity index (χ2v) is 4.46. The fraction of sp³-hybridized carbons (Fsp3) is 0.333. The quantitative estimate of drug-likeness (QED) is 0.847. The van der Waals surface area contributed by atoms with Gasteiger partial charge in [0.25, 0.3) is 5.56 Å². The summed E-state index contributed by atoms with van der Waals surface area (Å²) in [6.45, 7) is 2.02. The highest BCUT2D eigenvalue weighted by molar-refractivity contribution is 6.30. The van der Waals surface area contributed by atoms with E-state index < -0.39 is 5.69 Å². The van der Waals surface area contributed by atoms with E-state index in [0.29, 0.717) is 17.7 Å². The number of rotatable bonds is 4. The SMILES string of the molecule is CCCc1c(Cl)[nH]c(=O)n(Cc2cccnn2)c1=O. The molecule has 2 rings (SSSR count). The summed E-state index contributed by atoms with van der Waals surface area (Å²) in [5.74, 6) is 0. The van der Waals surface area contributed by atoms with Crippen LogP contribution in [0.5, 0.6) is 0 Å². The Balaban J connectivity index is 2.49. The molecule has 6 nitrogen and oxygen atoms in total. The molecule has 100 valence electrons. The smallest absolute Gasteiger partial charge is 0.297 e. The van der Waals surface area contributed by atoms with Crippen LogP contribution in [0.3, 0.4) is 0 Å². The van der Waals surface area contributed by atoms with Gasteiger partial charge in [-0.3, -0.25) is 14.3 Å². The van der Waals surface area contributed by atoms with Crippen molar-refractivity contribution in [2.45, 2.75) is 26.3 Å². The van der Waals surface area contributed by atoms with E-state index in [9.17, 15) is 9.59 Å². The van der Waals surface area contributed by atoms with Gasteiger partial charge in [0.2, 0.25) is 0 Å². The van der Waals surface area contributed by atoms with Crippen molar-refractivity contribution in [1.29, 1.82) is 0 Å². The first-order valence-electron chi connectivity index (χ1n) is 5.91. The van der Waals surface area contributed by atoms with Crippen LogP contribution in [-0.2, 0) is 13.0 Å². The average molecular weight is 281 g/mol. The van der Waals surface area contributed by atoms with Gasteiger partial charge in [0.1, 0.15) is 5.15 Å². The molecule has 0 fully saturated rings. The van der Waals surface area contributed by atoms with E-state index in [-0.39, 0.29) is 17.3 Å². The number of aromatic nitrogens is 4. The van der Waals surface area contributed by atoms with Crippen molar-refractivity contribution < 1.29 is 0 Å². The van der Waals surface area contributed by atoms with Gasteiger partial charge in [0, 0.05) is 6.20 Å². The van der Waals surface area contributed by atoms with E-state index >= 15 is 0 Å². The summed E-state index contributed by atoms with van der Waals surface area (Å²) in [4.78, 5) is 26.5. The van der Waals surface area contributed by atoms with Gasteiger partial charge in [-0.2, -0.15) is 10.2 Å². The average Bonchev–Trinajstić information content (AvgIpc) is 2.41. The molecule has 0 unspecified atom stereocenters. The van der Waals surface area contributed by atoms with E-state index in [4.69, 9.17) is 11.6 Å². The van der Waals surface area contributed by atoms with Crippen LogP contribution in [0.2, 0.25) is 5.15 Å². The minimum absolute atomic E-state index is 0.0793. The molecule has 0 spiro atoms. The molecule has 0 amide bonds. The largest absolute Gasteiger partial charge is 0.329 e. The lowest BCUT2D eigenvalue weighted by molar-refractivity contribution is 0.660. The summed E-state index contributed by atoms with van der Waals surface area (Å²) in [5.41, 5.74) is 0.0503. The van der Waals surface area contributed by atoms with Gasteiger partial charge in [-0.15, -0.1) is 0 Å². The monoisotopic (exact) mass is 280 g/mol. The maximum atomic E-state index is 12.2. The fourth-order valence-electron chi connectivity index (χ4n) is 1.78. The topological polar surface area (TPSA) is 80.6 Å². The molecular weight excluding hydrogens is 268 g/mol. The molecule has 0 aromatic carbocycles. The fourth-order valence-corrected chi connectivity index (χ4v) is 2.03. The van der Waals surface area contributed by atoms with Crippen molar-refractivity contribution in [3.8, 4) is 0 Å². The highest BCUT2D eigenvalue weighted by Crippen LogP contribution is 2.08. The van der Waals surface area contributed by atoms with Crippen LogP contribution < -0.4 is 11.2 Å². The molecule has 2 aromatic heterocycles. The van der Waals surface area contributed by atoms with E-state index in [1.54, 1.807) is 12.1 Å². The van der Waals surface area contributed by atoms with E-state index in [2.05, 4.69) is 15.2 Å². The summed E-state index contributed by atoms with van der Waals surface area (Å²) < 4.78 is 1.08. The lowest BCUT2D eigenvalue weighted by Gasteiger charge is -2.07. The number of halogens is 1. The van der Waals surface area contributed by atoms with Crippen LogP contribution in [0.4, 0.5) is 0 Å². The van der Waals surface area contributed by atoms with Crippen LogP contribution in [0, 0.1) is 0 Å². The summed E-state index contributed by atoms with van der Waals surface area (Å²) in [7, 11) is 0. The minimum Gasteiger partial charge on any atom is -0.297 e. The second-order valence-electron chi connectivity index (χ2n) is 4.08. The molecule has 0 atom stereocenters. The Morgan fingerprint density at radius 2 is 2.21 bits per heavy atom. The van der Waals surface area contributed by atoms with Crippen LogP contribution >= 0.6 is 11.6 Å². The van der Waals surface area contributed by atoms with Crippen LogP contribution in [0.1, 0.15) is 24.6 Å². The first-order valence-corrected chi connectivity index (χ1v) is 6.29.